The number of nitrogens with zero attached hydrogens (tertiary/aromatic N) is 2. The minimum Gasteiger partial charge on any atom is -0.276 e. The van der Waals surface area contributed by atoms with Gasteiger partial charge in [-0.25, -0.2) is 0 Å². The van der Waals surface area contributed by atoms with Crippen molar-refractivity contribution >= 4 is 5.71 Å². The Balaban J connectivity index is 3.86. The van der Waals surface area contributed by atoms with Gasteiger partial charge >= 0.3 is 0 Å². The molecule has 0 aliphatic rings. The molecule has 2 heteroatoms. The summed E-state index contributed by atoms with van der Waals surface area (Å²) in [5.41, 5.74) is 1.15. The van der Waals surface area contributed by atoms with Gasteiger partial charge in [0.1, 0.15) is 0 Å². The van der Waals surface area contributed by atoms with Crippen LogP contribution < -0.4 is 0 Å². The summed E-state index contributed by atoms with van der Waals surface area (Å²) in [6, 6.07) is 0. The number of allylic oxidation sites excluding steroid dienone is 1. The van der Waals surface area contributed by atoms with Crippen molar-refractivity contribution in [3.63, 3.8) is 0 Å². The third-order valence-electron chi connectivity index (χ3n) is 1.20. The molecule has 0 fully saturated rings. The molecule has 0 aromatic carbocycles. The van der Waals surface area contributed by atoms with Gasteiger partial charge in [0.05, 0.1) is 0 Å². The van der Waals surface area contributed by atoms with Crippen LogP contribution in [0.3, 0.4) is 0 Å². The minimum absolute atomic E-state index is 1.02. The molecule has 2 nitrogen and oxygen atoms in total. The zero-order chi connectivity index (χ0) is 7.98. The fourth-order valence-electron chi connectivity index (χ4n) is 0.589. The maximum absolute atomic E-state index is 4.25. The van der Waals surface area contributed by atoms with Crippen LogP contribution in [0.2, 0.25) is 0 Å². The van der Waals surface area contributed by atoms with E-state index >= 15 is 0 Å². The molecule has 0 radical (unpaired) electrons. The second kappa shape index (κ2) is 5.03. The van der Waals surface area contributed by atoms with Gasteiger partial charge in [-0.1, -0.05) is 13.0 Å². The monoisotopic (exact) mass is 140 g/mol. The molecule has 0 aliphatic carbocycles. The zero-order valence-corrected chi connectivity index (χ0v) is 7.26. The summed E-state index contributed by atoms with van der Waals surface area (Å²) in [6.07, 6.45) is 4.91. The van der Waals surface area contributed by atoms with Gasteiger partial charge in [-0.3, -0.25) is 5.01 Å². The van der Waals surface area contributed by atoms with Crippen molar-refractivity contribution < 1.29 is 0 Å². The van der Waals surface area contributed by atoms with E-state index in [0.29, 0.717) is 0 Å². The van der Waals surface area contributed by atoms with E-state index in [1.807, 2.05) is 38.2 Å². The lowest BCUT2D eigenvalue weighted by molar-refractivity contribution is 0.487. The van der Waals surface area contributed by atoms with E-state index < -0.39 is 0 Å². The van der Waals surface area contributed by atoms with Crippen LogP contribution in [0.15, 0.2) is 17.4 Å². The van der Waals surface area contributed by atoms with E-state index in [1.165, 1.54) is 0 Å². The van der Waals surface area contributed by atoms with Crippen molar-refractivity contribution in [3.8, 4) is 0 Å². The zero-order valence-electron chi connectivity index (χ0n) is 7.26. The highest BCUT2D eigenvalue weighted by molar-refractivity contribution is 5.81. The molecule has 0 aliphatic heterocycles. The molecule has 0 N–H and O–H groups in total. The normalized spacial score (nSPS) is 12.6. The van der Waals surface area contributed by atoms with Gasteiger partial charge in [-0.15, -0.1) is 0 Å². The van der Waals surface area contributed by atoms with E-state index in [9.17, 15) is 0 Å². The largest absolute Gasteiger partial charge is 0.276 e. The summed E-state index contributed by atoms with van der Waals surface area (Å²) in [5, 5.41) is 6.07. The topological polar surface area (TPSA) is 15.6 Å². The maximum Gasteiger partial charge on any atom is 0.0351 e. The first-order valence-electron chi connectivity index (χ1n) is 3.60. The molecular weight excluding hydrogens is 124 g/mol. The first-order valence-corrected chi connectivity index (χ1v) is 3.60. The Labute approximate surface area is 63.2 Å². The summed E-state index contributed by atoms with van der Waals surface area (Å²) in [4.78, 5) is 0. The van der Waals surface area contributed by atoms with Crippen molar-refractivity contribution in [1.29, 1.82) is 0 Å². The molecule has 0 heterocycles. The predicted octanol–water partition coefficient (Wildman–Crippen LogP) is 2.24. The fourth-order valence-corrected chi connectivity index (χ4v) is 0.589. The molecular formula is C8H16N2. The van der Waals surface area contributed by atoms with Crippen molar-refractivity contribution in [3.05, 3.63) is 12.3 Å². The van der Waals surface area contributed by atoms with Gasteiger partial charge in [0.25, 0.3) is 0 Å². The van der Waals surface area contributed by atoms with Gasteiger partial charge in [-0.2, -0.15) is 5.10 Å². The van der Waals surface area contributed by atoms with Crippen molar-refractivity contribution in [2.75, 3.05) is 7.05 Å². The molecule has 0 unspecified atom stereocenters. The standard InChI is InChI=1S/C8H16N2/c1-5-7-10(4)9-8(3)6-2/h5,7H,6H2,1-4H3. The molecule has 0 spiro atoms. The lowest BCUT2D eigenvalue weighted by Gasteiger charge is -2.06. The van der Waals surface area contributed by atoms with Gasteiger partial charge in [0.15, 0.2) is 0 Å². The number of hydrogen-bond donors (Lipinski definition) is 0. The van der Waals surface area contributed by atoms with E-state index in [2.05, 4.69) is 12.0 Å². The molecule has 58 valence electrons. The van der Waals surface area contributed by atoms with Crippen molar-refractivity contribution in [1.82, 2.24) is 5.01 Å². The number of rotatable bonds is 3. The highest BCUT2D eigenvalue weighted by Crippen LogP contribution is 1.90. The first kappa shape index (κ1) is 9.21. The molecule has 0 rings (SSSR count). The molecule has 0 aromatic rings. The van der Waals surface area contributed by atoms with Gasteiger partial charge in [0, 0.05) is 19.0 Å². The molecule has 0 saturated heterocycles. The third-order valence-corrected chi connectivity index (χ3v) is 1.20. The fraction of sp³-hybridized carbons (Fsp3) is 0.625. The molecule has 0 aromatic heterocycles. The second-order valence-electron chi connectivity index (χ2n) is 2.24. The number of hydrazone groups is 1. The van der Waals surface area contributed by atoms with Gasteiger partial charge in [-0.05, 0) is 20.3 Å². The smallest absolute Gasteiger partial charge is 0.0351 e. The van der Waals surface area contributed by atoms with E-state index in [1.54, 1.807) is 0 Å². The Morgan fingerprint density at radius 1 is 1.60 bits per heavy atom. The lowest BCUT2D eigenvalue weighted by Crippen LogP contribution is -2.04. The Hall–Kier alpha value is -0.790. The van der Waals surface area contributed by atoms with Crippen molar-refractivity contribution in [2.45, 2.75) is 27.2 Å². The Morgan fingerprint density at radius 3 is 2.60 bits per heavy atom. The summed E-state index contributed by atoms with van der Waals surface area (Å²) in [5.74, 6) is 0. The lowest BCUT2D eigenvalue weighted by atomic mass is 10.3. The summed E-state index contributed by atoms with van der Waals surface area (Å²) < 4.78 is 0. The van der Waals surface area contributed by atoms with Crippen molar-refractivity contribution in [2.24, 2.45) is 5.10 Å². The summed E-state index contributed by atoms with van der Waals surface area (Å²) >= 11 is 0. The van der Waals surface area contributed by atoms with Crippen LogP contribution >= 0.6 is 0 Å². The van der Waals surface area contributed by atoms with Crippen LogP contribution in [-0.4, -0.2) is 17.8 Å². The van der Waals surface area contributed by atoms with Crippen LogP contribution in [0.5, 0.6) is 0 Å². The second-order valence-corrected chi connectivity index (χ2v) is 2.24. The Morgan fingerprint density at radius 2 is 2.20 bits per heavy atom. The van der Waals surface area contributed by atoms with Crippen LogP contribution in [0, 0.1) is 0 Å². The summed E-state index contributed by atoms with van der Waals surface area (Å²) in [6.45, 7) is 6.11. The Kier molecular flexibility index (Phi) is 4.63. The molecule has 0 atom stereocenters. The SMILES string of the molecule is CC=CN(C)N=C(C)CC. The van der Waals surface area contributed by atoms with Crippen LogP contribution in [0.25, 0.3) is 0 Å². The maximum atomic E-state index is 4.25. The highest BCUT2D eigenvalue weighted by Gasteiger charge is 1.86. The van der Waals surface area contributed by atoms with Gasteiger partial charge < -0.3 is 0 Å². The Bertz CT molecular complexity index is 136. The average molecular weight is 140 g/mol. The molecule has 10 heavy (non-hydrogen) atoms. The summed E-state index contributed by atoms with van der Waals surface area (Å²) in [7, 11) is 1.93. The average Bonchev–Trinajstić information content (AvgIpc) is 1.88. The first-order chi connectivity index (χ1) is 4.70. The van der Waals surface area contributed by atoms with Gasteiger partial charge in [0.2, 0.25) is 0 Å². The van der Waals surface area contributed by atoms with E-state index in [0.717, 1.165) is 12.1 Å². The number of hydrogen-bond acceptors (Lipinski definition) is 2. The molecule has 0 amide bonds. The van der Waals surface area contributed by atoms with Crippen LogP contribution in [0.4, 0.5) is 0 Å². The minimum atomic E-state index is 1.02. The molecule has 0 saturated carbocycles. The van der Waals surface area contributed by atoms with Crippen LogP contribution in [-0.2, 0) is 0 Å². The van der Waals surface area contributed by atoms with Crippen LogP contribution in [0.1, 0.15) is 27.2 Å². The predicted molar refractivity (Wildman–Crippen MR) is 46.0 cm³/mol. The van der Waals surface area contributed by atoms with E-state index in [4.69, 9.17) is 0 Å². The third kappa shape index (κ3) is 4.13. The quantitative estimate of drug-likeness (QED) is 0.433. The highest BCUT2D eigenvalue weighted by atomic mass is 15.4. The van der Waals surface area contributed by atoms with E-state index in [-0.39, 0.29) is 0 Å². The molecule has 0 bridgehead atoms.